The smallest absolute Gasteiger partial charge is 0.0226 e. The highest BCUT2D eigenvalue weighted by atomic mass is 32.1. The first kappa shape index (κ1) is 15.7. The lowest BCUT2D eigenvalue weighted by atomic mass is 9.98. The Morgan fingerprint density at radius 3 is 2.18 bits per heavy atom. The summed E-state index contributed by atoms with van der Waals surface area (Å²) in [5.74, 6) is 2.70. The van der Waals surface area contributed by atoms with E-state index in [4.69, 9.17) is 0 Å². The van der Waals surface area contributed by atoms with Crippen molar-refractivity contribution >= 4 is 25.3 Å². The molecule has 0 aromatic carbocycles. The minimum Gasteiger partial charge on any atom is -0.297 e. The van der Waals surface area contributed by atoms with Crippen LogP contribution in [-0.2, 0) is 0 Å². The summed E-state index contributed by atoms with van der Waals surface area (Å²) >= 11 is 8.76. The Hall–Kier alpha value is 0.620. The number of hydrogen-bond donors (Lipinski definition) is 2. The van der Waals surface area contributed by atoms with Crippen molar-refractivity contribution in [1.29, 1.82) is 0 Å². The summed E-state index contributed by atoms with van der Waals surface area (Å²) in [5, 5.41) is 0. The molecule has 1 rings (SSSR count). The van der Waals surface area contributed by atoms with Crippen LogP contribution >= 0.6 is 25.3 Å². The largest absolute Gasteiger partial charge is 0.297 e. The second-order valence-electron chi connectivity index (χ2n) is 5.57. The van der Waals surface area contributed by atoms with Gasteiger partial charge < -0.3 is 0 Å². The van der Waals surface area contributed by atoms with Gasteiger partial charge in [0.25, 0.3) is 0 Å². The van der Waals surface area contributed by atoms with Crippen molar-refractivity contribution in [3.05, 3.63) is 0 Å². The van der Waals surface area contributed by atoms with Gasteiger partial charge in [-0.05, 0) is 19.3 Å². The fraction of sp³-hybridized carbons (Fsp3) is 1.00. The molecular formula is C13H28N2S2. The zero-order chi connectivity index (χ0) is 12.8. The molecule has 0 amide bonds. The highest BCUT2D eigenvalue weighted by Crippen LogP contribution is 2.20. The van der Waals surface area contributed by atoms with Crippen molar-refractivity contribution in [2.45, 2.75) is 39.3 Å². The molecule has 0 bridgehead atoms. The first-order chi connectivity index (χ1) is 8.08. The Morgan fingerprint density at radius 1 is 1.06 bits per heavy atom. The van der Waals surface area contributed by atoms with Crippen LogP contribution in [0.1, 0.15) is 27.2 Å². The standard InChI is InChI=1S/C13H28N2S2/c1-11(2)8-13-10-14(4-6-16)12(3)9-15(13)5-7-17/h11-13,16-17H,4-10H2,1-3H3. The van der Waals surface area contributed by atoms with Crippen molar-refractivity contribution < 1.29 is 0 Å². The number of rotatable bonds is 6. The minimum atomic E-state index is 0.658. The van der Waals surface area contributed by atoms with Gasteiger partial charge in [-0.2, -0.15) is 25.3 Å². The first-order valence-electron chi connectivity index (χ1n) is 6.78. The summed E-state index contributed by atoms with van der Waals surface area (Å²) in [5.41, 5.74) is 0. The van der Waals surface area contributed by atoms with Gasteiger partial charge in [0.1, 0.15) is 0 Å². The third kappa shape index (κ3) is 5.01. The van der Waals surface area contributed by atoms with E-state index in [0.29, 0.717) is 12.1 Å². The van der Waals surface area contributed by atoms with Crippen molar-refractivity contribution in [1.82, 2.24) is 9.80 Å². The van der Waals surface area contributed by atoms with Crippen LogP contribution in [0.5, 0.6) is 0 Å². The maximum Gasteiger partial charge on any atom is 0.0226 e. The summed E-state index contributed by atoms with van der Waals surface area (Å²) < 4.78 is 0. The average molecular weight is 277 g/mol. The van der Waals surface area contributed by atoms with Gasteiger partial charge in [-0.25, -0.2) is 0 Å². The van der Waals surface area contributed by atoms with E-state index in [1.165, 1.54) is 19.5 Å². The predicted molar refractivity (Wildman–Crippen MR) is 83.6 cm³/mol. The predicted octanol–water partition coefficient (Wildman–Crippen LogP) is 2.27. The van der Waals surface area contributed by atoms with Gasteiger partial charge in [0.2, 0.25) is 0 Å². The van der Waals surface area contributed by atoms with E-state index >= 15 is 0 Å². The molecule has 2 unspecified atom stereocenters. The van der Waals surface area contributed by atoms with E-state index in [1.807, 2.05) is 0 Å². The summed E-state index contributed by atoms with van der Waals surface area (Å²) in [6, 6.07) is 1.36. The lowest BCUT2D eigenvalue weighted by molar-refractivity contribution is 0.0345. The van der Waals surface area contributed by atoms with Gasteiger partial charge in [0, 0.05) is 49.8 Å². The molecule has 4 heteroatoms. The maximum absolute atomic E-state index is 4.39. The van der Waals surface area contributed by atoms with Crippen molar-refractivity contribution in [3.63, 3.8) is 0 Å². The Labute approximate surface area is 118 Å². The lowest BCUT2D eigenvalue weighted by Gasteiger charge is -2.46. The van der Waals surface area contributed by atoms with Crippen molar-refractivity contribution in [3.8, 4) is 0 Å². The van der Waals surface area contributed by atoms with E-state index in [-0.39, 0.29) is 0 Å². The van der Waals surface area contributed by atoms with E-state index < -0.39 is 0 Å². The van der Waals surface area contributed by atoms with E-state index in [2.05, 4.69) is 55.8 Å². The van der Waals surface area contributed by atoms with Crippen LogP contribution in [-0.4, -0.2) is 59.6 Å². The zero-order valence-corrected chi connectivity index (χ0v) is 13.3. The van der Waals surface area contributed by atoms with Crippen molar-refractivity contribution in [2.75, 3.05) is 37.7 Å². The van der Waals surface area contributed by atoms with Crippen LogP contribution in [0.4, 0.5) is 0 Å². The molecule has 1 saturated heterocycles. The Morgan fingerprint density at radius 2 is 1.65 bits per heavy atom. The van der Waals surface area contributed by atoms with Crippen LogP contribution in [0.3, 0.4) is 0 Å². The van der Waals surface area contributed by atoms with Gasteiger partial charge in [-0.15, -0.1) is 0 Å². The minimum absolute atomic E-state index is 0.658. The van der Waals surface area contributed by atoms with Gasteiger partial charge in [-0.3, -0.25) is 9.80 Å². The second kappa shape index (κ2) is 7.93. The number of hydrogen-bond acceptors (Lipinski definition) is 4. The fourth-order valence-corrected chi connectivity index (χ4v) is 3.29. The quantitative estimate of drug-likeness (QED) is 0.719. The number of piperazine rings is 1. The molecule has 0 radical (unpaired) electrons. The molecular weight excluding hydrogens is 248 g/mol. The molecule has 17 heavy (non-hydrogen) atoms. The molecule has 2 nitrogen and oxygen atoms in total. The summed E-state index contributed by atoms with van der Waals surface area (Å²) in [4.78, 5) is 5.22. The normalized spacial score (nSPS) is 27.9. The molecule has 0 aliphatic carbocycles. The van der Waals surface area contributed by atoms with E-state index in [1.54, 1.807) is 0 Å². The average Bonchev–Trinajstić information content (AvgIpc) is 2.24. The zero-order valence-electron chi connectivity index (χ0n) is 11.5. The molecule has 1 aliphatic heterocycles. The molecule has 2 atom stereocenters. The molecule has 0 aromatic rings. The van der Waals surface area contributed by atoms with Gasteiger partial charge >= 0.3 is 0 Å². The molecule has 1 aliphatic rings. The highest BCUT2D eigenvalue weighted by molar-refractivity contribution is 7.80. The van der Waals surface area contributed by atoms with Crippen LogP contribution in [0.2, 0.25) is 0 Å². The van der Waals surface area contributed by atoms with Crippen LogP contribution < -0.4 is 0 Å². The fourth-order valence-electron chi connectivity index (χ4n) is 2.78. The molecule has 1 heterocycles. The molecule has 0 N–H and O–H groups in total. The highest BCUT2D eigenvalue weighted by Gasteiger charge is 2.30. The lowest BCUT2D eigenvalue weighted by Crippen LogP contribution is -2.58. The number of thiol groups is 2. The van der Waals surface area contributed by atoms with Crippen LogP contribution in [0.25, 0.3) is 0 Å². The molecule has 0 spiro atoms. The van der Waals surface area contributed by atoms with Crippen LogP contribution in [0, 0.1) is 5.92 Å². The van der Waals surface area contributed by atoms with E-state index in [9.17, 15) is 0 Å². The van der Waals surface area contributed by atoms with E-state index in [0.717, 1.165) is 30.5 Å². The Kier molecular flexibility index (Phi) is 7.31. The molecule has 102 valence electrons. The molecule has 0 aromatic heterocycles. The monoisotopic (exact) mass is 276 g/mol. The molecule has 1 fully saturated rings. The SMILES string of the molecule is CC(C)CC1CN(CCS)C(C)CN1CCS. The summed E-state index contributed by atoms with van der Waals surface area (Å²) in [6.45, 7) is 11.6. The summed E-state index contributed by atoms with van der Waals surface area (Å²) in [6.07, 6.45) is 1.30. The first-order valence-corrected chi connectivity index (χ1v) is 8.04. The Balaban J connectivity index is 2.59. The van der Waals surface area contributed by atoms with Gasteiger partial charge in [-0.1, -0.05) is 13.8 Å². The Bertz CT molecular complexity index is 212. The third-order valence-electron chi connectivity index (χ3n) is 3.60. The van der Waals surface area contributed by atoms with Gasteiger partial charge in [0.05, 0.1) is 0 Å². The third-order valence-corrected chi connectivity index (χ3v) is 4.00. The van der Waals surface area contributed by atoms with Crippen molar-refractivity contribution in [2.24, 2.45) is 5.92 Å². The van der Waals surface area contributed by atoms with Crippen LogP contribution in [0.15, 0.2) is 0 Å². The topological polar surface area (TPSA) is 6.48 Å². The maximum atomic E-state index is 4.39. The summed E-state index contributed by atoms with van der Waals surface area (Å²) in [7, 11) is 0. The number of nitrogens with zero attached hydrogens (tertiary/aromatic N) is 2. The van der Waals surface area contributed by atoms with Gasteiger partial charge in [0.15, 0.2) is 0 Å². The second-order valence-corrected chi connectivity index (χ2v) is 6.46. The molecule has 0 saturated carbocycles.